The molecule has 1 nitrogen and oxygen atoms in total. The van der Waals surface area contributed by atoms with E-state index in [1.807, 2.05) is 0 Å². The van der Waals surface area contributed by atoms with Gasteiger partial charge in [0.15, 0.2) is 0 Å². The van der Waals surface area contributed by atoms with Crippen LogP contribution in [0.15, 0.2) is 18.2 Å². The highest BCUT2D eigenvalue weighted by atomic mass is 35.5. The molecule has 4 heteroatoms. The molecule has 0 bridgehead atoms. The number of nitrogens with two attached hydrogens (primary N) is 1. The van der Waals surface area contributed by atoms with Crippen molar-refractivity contribution in [3.05, 3.63) is 33.8 Å². The van der Waals surface area contributed by atoms with E-state index in [2.05, 4.69) is 0 Å². The Bertz CT molecular complexity index is 375. The molecule has 0 aromatic heterocycles. The summed E-state index contributed by atoms with van der Waals surface area (Å²) < 4.78 is 14.0. The lowest BCUT2D eigenvalue weighted by Gasteiger charge is -2.39. The minimum atomic E-state index is -1.19. The van der Waals surface area contributed by atoms with Crippen LogP contribution in [0.2, 0.25) is 10.0 Å². The van der Waals surface area contributed by atoms with Crippen LogP contribution in [-0.4, -0.2) is 11.7 Å². The van der Waals surface area contributed by atoms with Gasteiger partial charge in [0, 0.05) is 12.5 Å². The molecule has 1 fully saturated rings. The van der Waals surface area contributed by atoms with Gasteiger partial charge in [0.05, 0.1) is 10.0 Å². The van der Waals surface area contributed by atoms with Crippen LogP contribution in [0.3, 0.4) is 0 Å². The largest absolute Gasteiger partial charge is 0.327 e. The summed E-state index contributed by atoms with van der Waals surface area (Å²) in [5.74, 6) is 0. The lowest BCUT2D eigenvalue weighted by molar-refractivity contribution is 0.0445. The predicted octanol–water partition coefficient (Wildman–Crippen LogP) is 3.37. The van der Waals surface area contributed by atoms with Crippen molar-refractivity contribution in [2.45, 2.75) is 31.0 Å². The molecule has 1 saturated carbocycles. The Balaban J connectivity index is 2.15. The Morgan fingerprint density at radius 2 is 2.07 bits per heavy atom. The Morgan fingerprint density at radius 1 is 1.40 bits per heavy atom. The summed E-state index contributed by atoms with van der Waals surface area (Å²) in [5, 5.41) is 0.929. The average Bonchev–Trinajstić information content (AvgIpc) is 2.11. The molecule has 1 aromatic rings. The molecule has 82 valence electrons. The van der Waals surface area contributed by atoms with E-state index in [1.165, 1.54) is 0 Å². The third kappa shape index (κ3) is 2.27. The highest BCUT2D eigenvalue weighted by molar-refractivity contribution is 6.42. The summed E-state index contributed by atoms with van der Waals surface area (Å²) in [7, 11) is 0. The monoisotopic (exact) mass is 247 g/mol. The number of benzene rings is 1. The van der Waals surface area contributed by atoms with Gasteiger partial charge in [-0.25, -0.2) is 4.39 Å². The zero-order chi connectivity index (χ0) is 11.1. The fourth-order valence-electron chi connectivity index (χ4n) is 2.05. The molecule has 1 aromatic carbocycles. The lowest BCUT2D eigenvalue weighted by Crippen LogP contribution is -2.49. The zero-order valence-corrected chi connectivity index (χ0v) is 9.65. The van der Waals surface area contributed by atoms with Crippen LogP contribution in [0.1, 0.15) is 18.4 Å². The summed E-state index contributed by atoms with van der Waals surface area (Å²) in [5.41, 5.74) is 5.15. The van der Waals surface area contributed by atoms with Gasteiger partial charge in [-0.05, 0) is 24.5 Å². The molecule has 0 heterocycles. The maximum Gasteiger partial charge on any atom is 0.118 e. The van der Waals surface area contributed by atoms with Gasteiger partial charge in [-0.3, -0.25) is 0 Å². The molecule has 15 heavy (non-hydrogen) atoms. The van der Waals surface area contributed by atoms with Crippen LogP contribution in [-0.2, 0) is 6.42 Å². The van der Waals surface area contributed by atoms with Crippen molar-refractivity contribution in [3.8, 4) is 0 Å². The van der Waals surface area contributed by atoms with E-state index in [0.29, 0.717) is 29.3 Å². The zero-order valence-electron chi connectivity index (χ0n) is 8.14. The van der Waals surface area contributed by atoms with Crippen molar-refractivity contribution in [2.24, 2.45) is 5.73 Å². The summed E-state index contributed by atoms with van der Waals surface area (Å²) in [6.45, 7) is 0. The van der Waals surface area contributed by atoms with Crippen molar-refractivity contribution < 1.29 is 4.39 Å². The van der Waals surface area contributed by atoms with Gasteiger partial charge in [-0.2, -0.15) is 0 Å². The second-order valence-electron chi connectivity index (χ2n) is 4.21. The van der Waals surface area contributed by atoms with Gasteiger partial charge in [0.2, 0.25) is 0 Å². The molecule has 0 amide bonds. The van der Waals surface area contributed by atoms with Crippen molar-refractivity contribution >= 4 is 23.2 Å². The molecule has 2 rings (SSSR count). The van der Waals surface area contributed by atoms with Crippen LogP contribution in [0.25, 0.3) is 0 Å². The van der Waals surface area contributed by atoms with E-state index in [9.17, 15) is 4.39 Å². The van der Waals surface area contributed by atoms with Gasteiger partial charge in [-0.1, -0.05) is 35.3 Å². The summed E-state index contributed by atoms with van der Waals surface area (Å²) in [6.07, 6.45) is 1.13. The topological polar surface area (TPSA) is 26.0 Å². The first kappa shape index (κ1) is 11.2. The first-order valence-electron chi connectivity index (χ1n) is 4.88. The molecule has 0 saturated heterocycles. The van der Waals surface area contributed by atoms with Crippen molar-refractivity contribution in [3.63, 3.8) is 0 Å². The van der Waals surface area contributed by atoms with E-state index in [4.69, 9.17) is 28.9 Å². The summed E-state index contributed by atoms with van der Waals surface area (Å²) >= 11 is 11.8. The minimum Gasteiger partial charge on any atom is -0.327 e. The Hall–Kier alpha value is -0.310. The van der Waals surface area contributed by atoms with E-state index < -0.39 is 5.67 Å². The highest BCUT2D eigenvalue weighted by Gasteiger charge is 2.43. The van der Waals surface area contributed by atoms with Gasteiger partial charge < -0.3 is 5.73 Å². The number of rotatable bonds is 2. The van der Waals surface area contributed by atoms with Crippen molar-refractivity contribution in [1.29, 1.82) is 0 Å². The maximum absolute atomic E-state index is 14.0. The number of hydrogen-bond donors (Lipinski definition) is 1. The third-order valence-corrected chi connectivity index (χ3v) is 3.65. The summed E-state index contributed by atoms with van der Waals surface area (Å²) in [6, 6.07) is 5.28. The normalized spacial score (nSPS) is 30.0. The van der Waals surface area contributed by atoms with Gasteiger partial charge in [0.25, 0.3) is 0 Å². The van der Waals surface area contributed by atoms with Crippen LogP contribution in [0.5, 0.6) is 0 Å². The first-order valence-corrected chi connectivity index (χ1v) is 5.63. The molecule has 1 aliphatic rings. The third-order valence-electron chi connectivity index (χ3n) is 2.79. The quantitative estimate of drug-likeness (QED) is 0.853. The highest BCUT2D eigenvalue weighted by Crippen LogP contribution is 2.40. The number of halogens is 3. The standard InChI is InChI=1S/C11H12Cl2FN/c12-9-3-1-2-7(10(9)13)4-11(14)5-8(15)6-11/h1-3,8H,4-6,15H2. The van der Waals surface area contributed by atoms with Gasteiger partial charge in [0.1, 0.15) is 5.67 Å². The fraction of sp³-hybridized carbons (Fsp3) is 0.455. The minimum absolute atomic E-state index is 0.00652. The van der Waals surface area contributed by atoms with Crippen LogP contribution < -0.4 is 5.73 Å². The van der Waals surface area contributed by atoms with Crippen LogP contribution >= 0.6 is 23.2 Å². The molecular weight excluding hydrogens is 236 g/mol. The molecule has 1 aliphatic carbocycles. The fourth-order valence-corrected chi connectivity index (χ4v) is 2.44. The van der Waals surface area contributed by atoms with Crippen LogP contribution in [0, 0.1) is 0 Å². The molecule has 0 aliphatic heterocycles. The van der Waals surface area contributed by atoms with E-state index in [-0.39, 0.29) is 6.04 Å². The average molecular weight is 248 g/mol. The first-order chi connectivity index (χ1) is 7.00. The maximum atomic E-state index is 14.0. The van der Waals surface area contributed by atoms with E-state index in [1.54, 1.807) is 18.2 Å². The van der Waals surface area contributed by atoms with Gasteiger partial charge >= 0.3 is 0 Å². The van der Waals surface area contributed by atoms with E-state index in [0.717, 1.165) is 5.56 Å². The van der Waals surface area contributed by atoms with Crippen molar-refractivity contribution in [2.75, 3.05) is 0 Å². The smallest absolute Gasteiger partial charge is 0.118 e. The molecule has 0 atom stereocenters. The predicted molar refractivity (Wildman–Crippen MR) is 61.2 cm³/mol. The lowest BCUT2D eigenvalue weighted by atomic mass is 9.74. The van der Waals surface area contributed by atoms with Crippen molar-refractivity contribution in [1.82, 2.24) is 0 Å². The molecule has 0 radical (unpaired) electrons. The molecule has 0 spiro atoms. The van der Waals surface area contributed by atoms with Gasteiger partial charge in [-0.15, -0.1) is 0 Å². The molecular formula is C11H12Cl2FN. The second kappa shape index (κ2) is 3.93. The second-order valence-corrected chi connectivity index (χ2v) is 4.99. The SMILES string of the molecule is NC1CC(F)(Cc2cccc(Cl)c2Cl)C1. The summed E-state index contributed by atoms with van der Waals surface area (Å²) in [4.78, 5) is 0. The Morgan fingerprint density at radius 3 is 2.67 bits per heavy atom. The number of hydrogen-bond acceptors (Lipinski definition) is 1. The molecule has 0 unspecified atom stereocenters. The number of alkyl halides is 1. The Kier molecular flexibility index (Phi) is 2.93. The Labute approximate surface area is 98.4 Å². The van der Waals surface area contributed by atoms with Crippen LogP contribution in [0.4, 0.5) is 4.39 Å². The van der Waals surface area contributed by atoms with E-state index >= 15 is 0 Å². The molecule has 2 N–H and O–H groups in total.